The average Bonchev–Trinajstić information content (AvgIpc) is 3.21. The zero-order chi connectivity index (χ0) is 14.8. The third-order valence-electron chi connectivity index (χ3n) is 3.20. The molecule has 0 aliphatic heterocycles. The molecule has 108 valence electrons. The van der Waals surface area contributed by atoms with E-state index in [0.717, 1.165) is 22.1 Å². The maximum atomic E-state index is 5.54. The molecule has 0 amide bonds. The van der Waals surface area contributed by atoms with Gasteiger partial charge < -0.3 is 4.42 Å². The smallest absolute Gasteiger partial charge is 0.226 e. The normalized spacial score (nSPS) is 11.1. The largest absolute Gasteiger partial charge is 0.444 e. The van der Waals surface area contributed by atoms with Crippen molar-refractivity contribution in [1.82, 2.24) is 19.6 Å². The molecule has 4 aromatic rings. The van der Waals surface area contributed by atoms with Crippen molar-refractivity contribution in [3.05, 3.63) is 66.7 Å². The minimum absolute atomic E-state index is 0.641. The van der Waals surface area contributed by atoms with Gasteiger partial charge in [0.25, 0.3) is 0 Å². The molecule has 4 rings (SSSR count). The second kappa shape index (κ2) is 5.65. The molecule has 0 unspecified atom stereocenters. The van der Waals surface area contributed by atoms with Crippen LogP contribution in [-0.4, -0.2) is 19.6 Å². The molecule has 0 aliphatic carbocycles. The Kier molecular flexibility index (Phi) is 3.36. The second-order valence-electron chi connectivity index (χ2n) is 4.71. The van der Waals surface area contributed by atoms with E-state index in [1.54, 1.807) is 18.0 Å². The Morgan fingerprint density at radius 1 is 1.00 bits per heavy atom. The van der Waals surface area contributed by atoms with Gasteiger partial charge in [0, 0.05) is 17.5 Å². The first kappa shape index (κ1) is 13.1. The van der Waals surface area contributed by atoms with E-state index < -0.39 is 0 Å². The Balaban J connectivity index is 1.52. The Morgan fingerprint density at radius 2 is 1.86 bits per heavy atom. The van der Waals surface area contributed by atoms with Crippen LogP contribution >= 0.6 is 11.8 Å². The molecule has 0 saturated heterocycles. The zero-order valence-electron chi connectivity index (χ0n) is 11.6. The lowest BCUT2D eigenvalue weighted by Gasteiger charge is -1.97. The highest BCUT2D eigenvalue weighted by Gasteiger charge is 2.09. The van der Waals surface area contributed by atoms with Crippen molar-refractivity contribution in [3.8, 4) is 11.5 Å². The van der Waals surface area contributed by atoms with Gasteiger partial charge in [0.05, 0.1) is 5.69 Å². The van der Waals surface area contributed by atoms with Gasteiger partial charge in [0.1, 0.15) is 6.26 Å². The van der Waals surface area contributed by atoms with Crippen molar-refractivity contribution >= 4 is 17.4 Å². The highest BCUT2D eigenvalue weighted by molar-refractivity contribution is 7.98. The summed E-state index contributed by atoms with van der Waals surface area (Å²) in [5.41, 5.74) is 2.71. The van der Waals surface area contributed by atoms with Crippen molar-refractivity contribution in [3.63, 3.8) is 0 Å². The average molecular weight is 308 g/mol. The number of rotatable bonds is 4. The fourth-order valence-electron chi connectivity index (χ4n) is 2.14. The molecule has 0 fully saturated rings. The maximum absolute atomic E-state index is 5.54. The van der Waals surface area contributed by atoms with Crippen LogP contribution in [-0.2, 0) is 5.75 Å². The van der Waals surface area contributed by atoms with E-state index in [2.05, 4.69) is 15.2 Å². The molecule has 5 nitrogen and oxygen atoms in total. The van der Waals surface area contributed by atoms with Gasteiger partial charge in [0.2, 0.25) is 5.89 Å². The number of fused-ring (bicyclic) bond motifs is 1. The molecular weight excluding hydrogens is 296 g/mol. The summed E-state index contributed by atoms with van der Waals surface area (Å²) in [5.74, 6) is 1.33. The monoisotopic (exact) mass is 308 g/mol. The SMILES string of the molecule is c1ccc(-c2nc(CSc3nnc4ccccn34)co2)cc1. The van der Waals surface area contributed by atoms with Crippen LogP contribution in [0.2, 0.25) is 0 Å². The second-order valence-corrected chi connectivity index (χ2v) is 5.65. The van der Waals surface area contributed by atoms with Gasteiger partial charge in [-0.2, -0.15) is 0 Å². The number of thioether (sulfide) groups is 1. The van der Waals surface area contributed by atoms with Gasteiger partial charge in [-0.15, -0.1) is 10.2 Å². The molecular formula is C16H12N4OS. The predicted octanol–water partition coefficient (Wildman–Crippen LogP) is 3.68. The quantitative estimate of drug-likeness (QED) is 0.538. The number of pyridine rings is 1. The van der Waals surface area contributed by atoms with Gasteiger partial charge in [-0.25, -0.2) is 4.98 Å². The summed E-state index contributed by atoms with van der Waals surface area (Å²) in [6.45, 7) is 0. The molecule has 1 aromatic carbocycles. The molecule has 0 radical (unpaired) electrons. The molecule has 0 saturated carbocycles. The molecule has 0 spiro atoms. The van der Waals surface area contributed by atoms with Crippen LogP contribution in [0.4, 0.5) is 0 Å². The Morgan fingerprint density at radius 3 is 2.77 bits per heavy atom. The fourth-order valence-corrected chi connectivity index (χ4v) is 2.94. The van der Waals surface area contributed by atoms with Gasteiger partial charge in [-0.05, 0) is 24.3 Å². The molecule has 0 aliphatic rings. The number of hydrogen-bond acceptors (Lipinski definition) is 5. The summed E-state index contributed by atoms with van der Waals surface area (Å²) in [5, 5.41) is 9.17. The highest BCUT2D eigenvalue weighted by atomic mass is 32.2. The highest BCUT2D eigenvalue weighted by Crippen LogP contribution is 2.24. The van der Waals surface area contributed by atoms with Crippen molar-refractivity contribution in [2.75, 3.05) is 0 Å². The molecule has 0 N–H and O–H groups in total. The Bertz CT molecular complexity index is 901. The Hall–Kier alpha value is -2.60. The summed E-state index contributed by atoms with van der Waals surface area (Å²) in [4.78, 5) is 4.52. The number of benzene rings is 1. The first-order valence-corrected chi connectivity index (χ1v) is 7.81. The van der Waals surface area contributed by atoms with Crippen molar-refractivity contribution < 1.29 is 4.42 Å². The number of hydrogen-bond donors (Lipinski definition) is 0. The van der Waals surface area contributed by atoms with Crippen molar-refractivity contribution in [2.45, 2.75) is 10.9 Å². The van der Waals surface area contributed by atoms with Crippen molar-refractivity contribution in [1.29, 1.82) is 0 Å². The molecule has 0 atom stereocenters. The lowest BCUT2D eigenvalue weighted by atomic mass is 10.2. The number of oxazole rings is 1. The minimum Gasteiger partial charge on any atom is -0.444 e. The summed E-state index contributed by atoms with van der Waals surface area (Å²) in [6.07, 6.45) is 3.65. The maximum Gasteiger partial charge on any atom is 0.226 e. The van der Waals surface area contributed by atoms with E-state index in [1.165, 1.54) is 0 Å². The van der Waals surface area contributed by atoms with E-state index in [9.17, 15) is 0 Å². The van der Waals surface area contributed by atoms with Gasteiger partial charge >= 0.3 is 0 Å². The summed E-state index contributed by atoms with van der Waals surface area (Å²) in [7, 11) is 0. The lowest BCUT2D eigenvalue weighted by Crippen LogP contribution is -1.88. The Labute approximate surface area is 131 Å². The third-order valence-corrected chi connectivity index (χ3v) is 4.18. The standard InChI is InChI=1S/C16H12N4OS/c1-2-6-12(7-3-1)15-17-13(10-21-15)11-22-16-19-18-14-8-4-5-9-20(14)16/h1-10H,11H2. The van der Waals surface area contributed by atoms with Crippen LogP contribution in [0.3, 0.4) is 0 Å². The fraction of sp³-hybridized carbons (Fsp3) is 0.0625. The summed E-state index contributed by atoms with van der Waals surface area (Å²) in [6, 6.07) is 15.7. The molecule has 3 aromatic heterocycles. The van der Waals surface area contributed by atoms with Crippen molar-refractivity contribution in [2.24, 2.45) is 0 Å². The summed E-state index contributed by atoms with van der Waals surface area (Å²) >= 11 is 1.59. The minimum atomic E-state index is 0.641. The zero-order valence-corrected chi connectivity index (χ0v) is 12.4. The molecule has 22 heavy (non-hydrogen) atoms. The first-order chi connectivity index (χ1) is 10.9. The number of nitrogens with zero attached hydrogens (tertiary/aromatic N) is 4. The van der Waals surface area contributed by atoms with Crippen LogP contribution in [0.1, 0.15) is 5.69 Å². The van der Waals surface area contributed by atoms with Crippen LogP contribution in [0, 0.1) is 0 Å². The molecule has 6 heteroatoms. The van der Waals surface area contributed by atoms with Crippen LogP contribution in [0.25, 0.3) is 17.1 Å². The van der Waals surface area contributed by atoms with Crippen LogP contribution in [0.15, 0.2) is 70.6 Å². The number of aromatic nitrogens is 4. The molecule has 0 bridgehead atoms. The predicted molar refractivity (Wildman–Crippen MR) is 84.5 cm³/mol. The van der Waals surface area contributed by atoms with E-state index in [4.69, 9.17) is 4.42 Å². The van der Waals surface area contributed by atoms with E-state index in [-0.39, 0.29) is 0 Å². The van der Waals surface area contributed by atoms with E-state index >= 15 is 0 Å². The van der Waals surface area contributed by atoms with Gasteiger partial charge in [-0.3, -0.25) is 4.40 Å². The van der Waals surface area contributed by atoms with E-state index in [1.807, 2.05) is 59.1 Å². The van der Waals surface area contributed by atoms with Gasteiger partial charge in [-0.1, -0.05) is 36.0 Å². The first-order valence-electron chi connectivity index (χ1n) is 6.82. The van der Waals surface area contributed by atoms with Gasteiger partial charge in [0.15, 0.2) is 10.8 Å². The third kappa shape index (κ3) is 2.48. The molecule has 3 heterocycles. The van der Waals surface area contributed by atoms with Crippen LogP contribution in [0.5, 0.6) is 0 Å². The van der Waals surface area contributed by atoms with E-state index in [0.29, 0.717) is 11.6 Å². The topological polar surface area (TPSA) is 56.2 Å². The summed E-state index contributed by atoms with van der Waals surface area (Å²) < 4.78 is 7.50. The van der Waals surface area contributed by atoms with Crippen LogP contribution < -0.4 is 0 Å². The lowest BCUT2D eigenvalue weighted by molar-refractivity contribution is 0.573.